The molecule has 0 heterocycles. The van der Waals surface area contributed by atoms with Gasteiger partial charge in [0.05, 0.1) is 13.2 Å². The third kappa shape index (κ3) is 18.5. The highest BCUT2D eigenvalue weighted by atomic mass is 16.5. The van der Waals surface area contributed by atoms with Crippen molar-refractivity contribution in [3.8, 4) is 11.5 Å². The lowest BCUT2D eigenvalue weighted by molar-refractivity contribution is 0.304. The van der Waals surface area contributed by atoms with E-state index in [0.29, 0.717) is 0 Å². The predicted molar refractivity (Wildman–Crippen MR) is 134 cm³/mol. The van der Waals surface area contributed by atoms with Crippen LogP contribution in [0.4, 0.5) is 0 Å². The van der Waals surface area contributed by atoms with Crippen molar-refractivity contribution in [2.24, 2.45) is 0 Å². The van der Waals surface area contributed by atoms with Crippen LogP contribution in [0, 0.1) is 0 Å². The first-order valence-corrected chi connectivity index (χ1v) is 12.2. The third-order valence-corrected chi connectivity index (χ3v) is 5.02. The maximum absolute atomic E-state index is 5.61. The van der Waals surface area contributed by atoms with Crippen LogP contribution < -0.4 is 9.47 Å². The van der Waals surface area contributed by atoms with Gasteiger partial charge in [-0.1, -0.05) is 114 Å². The van der Waals surface area contributed by atoms with Gasteiger partial charge in [0, 0.05) is 0 Å². The van der Waals surface area contributed by atoms with E-state index in [1.54, 1.807) is 0 Å². The summed E-state index contributed by atoms with van der Waals surface area (Å²) >= 11 is 0. The molecule has 0 saturated carbocycles. The Labute approximate surface area is 191 Å². The zero-order valence-electron chi connectivity index (χ0n) is 20.0. The van der Waals surface area contributed by atoms with E-state index < -0.39 is 0 Å². The minimum atomic E-state index is 0. The highest BCUT2D eigenvalue weighted by Crippen LogP contribution is 2.11. The molecule has 0 fully saturated rings. The monoisotopic (exact) mass is 430 g/mol. The van der Waals surface area contributed by atoms with Crippen molar-refractivity contribution in [2.75, 3.05) is 13.2 Å². The Morgan fingerprint density at radius 2 is 0.774 bits per heavy atom. The van der Waals surface area contributed by atoms with Gasteiger partial charge >= 0.3 is 0 Å². The standard InChI is InChI=1S/2C14H22O.H2O/c2*1-2-3-4-5-6-10-13-15-14-11-8-7-9-12-14;/h2*7-9,11-12H,2-6,10,13H2,1H3;1H2. The maximum Gasteiger partial charge on any atom is 0.119 e. The Hall–Kier alpha value is -2.00. The van der Waals surface area contributed by atoms with Crippen LogP contribution in [0.3, 0.4) is 0 Å². The first kappa shape index (κ1) is 29.0. The Morgan fingerprint density at radius 1 is 0.452 bits per heavy atom. The number of benzene rings is 2. The lowest BCUT2D eigenvalue weighted by Gasteiger charge is -2.05. The number of para-hydroxylation sites is 2. The fourth-order valence-electron chi connectivity index (χ4n) is 3.18. The number of rotatable bonds is 16. The van der Waals surface area contributed by atoms with Gasteiger partial charge in [0.25, 0.3) is 0 Å². The van der Waals surface area contributed by atoms with Crippen LogP contribution in [0.2, 0.25) is 0 Å². The predicted octanol–water partition coefficient (Wildman–Crippen LogP) is 8.03. The molecule has 0 bridgehead atoms. The Morgan fingerprint density at radius 3 is 1.13 bits per heavy atom. The molecule has 2 aromatic rings. The zero-order chi connectivity index (χ0) is 21.5. The number of hydrogen-bond donors (Lipinski definition) is 0. The molecule has 2 aromatic carbocycles. The fraction of sp³-hybridized carbons (Fsp3) is 0.571. The summed E-state index contributed by atoms with van der Waals surface area (Å²) in [5.41, 5.74) is 0. The smallest absolute Gasteiger partial charge is 0.119 e. The van der Waals surface area contributed by atoms with Crippen molar-refractivity contribution >= 4 is 0 Å². The highest BCUT2D eigenvalue weighted by molar-refractivity contribution is 5.21. The van der Waals surface area contributed by atoms with E-state index in [0.717, 1.165) is 24.7 Å². The molecule has 2 rings (SSSR count). The van der Waals surface area contributed by atoms with Crippen molar-refractivity contribution < 1.29 is 14.9 Å². The molecule has 3 heteroatoms. The minimum absolute atomic E-state index is 0. The SMILES string of the molecule is CCCCCCCCOc1ccccc1.CCCCCCCCOc1ccccc1.O. The normalized spacial score (nSPS) is 9.87. The second-order valence-electron chi connectivity index (χ2n) is 7.86. The van der Waals surface area contributed by atoms with E-state index in [1.165, 1.54) is 77.0 Å². The van der Waals surface area contributed by atoms with E-state index in [4.69, 9.17) is 9.47 Å². The van der Waals surface area contributed by atoms with E-state index in [2.05, 4.69) is 13.8 Å². The molecule has 3 nitrogen and oxygen atoms in total. The average molecular weight is 431 g/mol. The molecule has 0 saturated heterocycles. The molecule has 0 aliphatic carbocycles. The molecule has 0 unspecified atom stereocenters. The maximum atomic E-state index is 5.61. The fourth-order valence-corrected chi connectivity index (χ4v) is 3.18. The molecule has 176 valence electrons. The summed E-state index contributed by atoms with van der Waals surface area (Å²) in [6.45, 7) is 6.21. The van der Waals surface area contributed by atoms with Crippen LogP contribution >= 0.6 is 0 Å². The second kappa shape index (κ2) is 22.7. The number of hydrogen-bond acceptors (Lipinski definition) is 2. The first-order valence-electron chi connectivity index (χ1n) is 12.2. The Kier molecular flexibility index (Phi) is 21.2. The lowest BCUT2D eigenvalue weighted by atomic mass is 10.1. The van der Waals surface area contributed by atoms with E-state index in [-0.39, 0.29) is 5.48 Å². The van der Waals surface area contributed by atoms with E-state index in [1.807, 2.05) is 60.7 Å². The summed E-state index contributed by atoms with van der Waals surface area (Å²) in [6.07, 6.45) is 15.8. The summed E-state index contributed by atoms with van der Waals surface area (Å²) in [5.74, 6) is 1.98. The van der Waals surface area contributed by atoms with Crippen LogP contribution in [-0.2, 0) is 0 Å². The molecule has 0 atom stereocenters. The average Bonchev–Trinajstić information content (AvgIpc) is 2.80. The molecular formula is C28H46O3. The van der Waals surface area contributed by atoms with Gasteiger partial charge in [0.15, 0.2) is 0 Å². The Bertz CT molecular complexity index is 518. The van der Waals surface area contributed by atoms with E-state index >= 15 is 0 Å². The largest absolute Gasteiger partial charge is 0.494 e. The second-order valence-corrected chi connectivity index (χ2v) is 7.86. The third-order valence-electron chi connectivity index (χ3n) is 5.02. The zero-order valence-corrected chi connectivity index (χ0v) is 20.0. The first-order chi connectivity index (χ1) is 14.9. The molecule has 0 aliphatic heterocycles. The molecular weight excluding hydrogens is 384 g/mol. The summed E-state index contributed by atoms with van der Waals surface area (Å²) < 4.78 is 11.2. The minimum Gasteiger partial charge on any atom is -0.494 e. The van der Waals surface area contributed by atoms with Crippen molar-refractivity contribution in [3.63, 3.8) is 0 Å². The number of ether oxygens (including phenoxy) is 2. The van der Waals surface area contributed by atoms with Crippen LogP contribution in [0.1, 0.15) is 90.9 Å². The topological polar surface area (TPSA) is 50.0 Å². The van der Waals surface area contributed by atoms with Gasteiger partial charge in [0.2, 0.25) is 0 Å². The molecule has 0 amide bonds. The van der Waals surface area contributed by atoms with Gasteiger partial charge in [-0.05, 0) is 37.1 Å². The van der Waals surface area contributed by atoms with Crippen molar-refractivity contribution in [1.82, 2.24) is 0 Å². The van der Waals surface area contributed by atoms with Crippen LogP contribution in [0.5, 0.6) is 11.5 Å². The van der Waals surface area contributed by atoms with Crippen molar-refractivity contribution in [1.29, 1.82) is 0 Å². The lowest BCUT2D eigenvalue weighted by Crippen LogP contribution is -1.96. The molecule has 0 spiro atoms. The van der Waals surface area contributed by atoms with Crippen molar-refractivity contribution in [2.45, 2.75) is 90.9 Å². The van der Waals surface area contributed by atoms with Crippen LogP contribution in [0.15, 0.2) is 60.7 Å². The van der Waals surface area contributed by atoms with Gasteiger partial charge in [-0.15, -0.1) is 0 Å². The van der Waals surface area contributed by atoms with Gasteiger partial charge in [0.1, 0.15) is 11.5 Å². The molecule has 0 aromatic heterocycles. The van der Waals surface area contributed by atoms with Gasteiger partial charge in [-0.3, -0.25) is 0 Å². The van der Waals surface area contributed by atoms with E-state index in [9.17, 15) is 0 Å². The number of unbranched alkanes of at least 4 members (excludes halogenated alkanes) is 10. The highest BCUT2D eigenvalue weighted by Gasteiger charge is 1.93. The summed E-state index contributed by atoms with van der Waals surface area (Å²) in [7, 11) is 0. The molecule has 2 N–H and O–H groups in total. The van der Waals surface area contributed by atoms with Gasteiger partial charge < -0.3 is 14.9 Å². The summed E-state index contributed by atoms with van der Waals surface area (Å²) in [4.78, 5) is 0. The summed E-state index contributed by atoms with van der Waals surface area (Å²) in [5, 5.41) is 0. The van der Waals surface area contributed by atoms with Crippen LogP contribution in [-0.4, -0.2) is 18.7 Å². The van der Waals surface area contributed by atoms with Gasteiger partial charge in [-0.2, -0.15) is 0 Å². The van der Waals surface area contributed by atoms with Crippen LogP contribution in [0.25, 0.3) is 0 Å². The molecule has 0 aliphatic rings. The quantitative estimate of drug-likeness (QED) is 0.253. The Balaban J connectivity index is 0.000000562. The molecule has 31 heavy (non-hydrogen) atoms. The van der Waals surface area contributed by atoms with Crippen molar-refractivity contribution in [3.05, 3.63) is 60.7 Å². The summed E-state index contributed by atoms with van der Waals surface area (Å²) in [6, 6.07) is 20.1. The van der Waals surface area contributed by atoms with Gasteiger partial charge in [-0.25, -0.2) is 0 Å². The molecule has 0 radical (unpaired) electrons.